The van der Waals surface area contributed by atoms with Gasteiger partial charge in [0, 0.05) is 0 Å². The van der Waals surface area contributed by atoms with Crippen LogP contribution >= 0.6 is 0 Å². The Hall–Kier alpha value is -1.46. The standard InChI is InChI=1S/C18H21N3OSe.BrH/c1-2-13-20-18(21-19)23-17(15-11-7-4-8-12-15)16(22)14-9-5-3-6-10-14;/h3-12,17H,2,13,19H2,1H3,(H,20,21);1H. The van der Waals surface area contributed by atoms with Crippen LogP contribution in [0, 0.1) is 0 Å². The van der Waals surface area contributed by atoms with Crippen LogP contribution < -0.4 is 33.2 Å². The summed E-state index contributed by atoms with van der Waals surface area (Å²) in [6, 6.07) is 19.3. The van der Waals surface area contributed by atoms with Gasteiger partial charge in [-0.15, -0.1) is 0 Å². The Morgan fingerprint density at radius 3 is 2.25 bits per heavy atom. The number of nitrogens with one attached hydrogen (secondary N) is 2. The number of Topliss-reactive ketones (excluding diaryl/α,β-unsaturated/α-hetero) is 1. The number of hydrazine groups is 1. The number of carbonyl (C=O) groups excluding carboxylic acids is 1. The van der Waals surface area contributed by atoms with Crippen LogP contribution in [-0.2, 0) is 0 Å². The molecule has 0 amide bonds. The van der Waals surface area contributed by atoms with E-state index in [1.54, 1.807) is 0 Å². The Morgan fingerprint density at radius 2 is 1.71 bits per heavy atom. The molecule has 4 nitrogen and oxygen atoms in total. The molecule has 0 aromatic heterocycles. The molecule has 0 radical (unpaired) electrons. The van der Waals surface area contributed by atoms with Gasteiger partial charge in [0.1, 0.15) is 0 Å². The van der Waals surface area contributed by atoms with E-state index in [2.05, 4.69) is 17.3 Å². The van der Waals surface area contributed by atoms with E-state index in [1.165, 1.54) is 0 Å². The molecule has 1 unspecified atom stereocenters. The molecule has 0 saturated heterocycles. The van der Waals surface area contributed by atoms with E-state index in [-0.39, 0.29) is 42.5 Å². The Kier molecular flexibility index (Phi) is 9.57. The second-order valence-corrected chi connectivity index (χ2v) is 7.38. The summed E-state index contributed by atoms with van der Waals surface area (Å²) in [5, 5.41) is 0. The fourth-order valence-electron chi connectivity index (χ4n) is 2.14. The molecule has 0 spiro atoms. The van der Waals surface area contributed by atoms with Gasteiger partial charge in [-0.05, 0) is 0 Å². The van der Waals surface area contributed by atoms with Crippen molar-refractivity contribution in [3.05, 3.63) is 71.8 Å². The molecule has 0 aliphatic carbocycles. The smallest absolute Gasteiger partial charge is 1.00 e. The van der Waals surface area contributed by atoms with Crippen LogP contribution in [0.1, 0.15) is 34.1 Å². The van der Waals surface area contributed by atoms with Gasteiger partial charge in [-0.25, -0.2) is 0 Å². The first-order valence-corrected chi connectivity index (χ1v) is 9.49. The average Bonchev–Trinajstić information content (AvgIpc) is 2.63. The monoisotopic (exact) mass is 455 g/mol. The van der Waals surface area contributed by atoms with Crippen LogP contribution in [0.5, 0.6) is 0 Å². The van der Waals surface area contributed by atoms with E-state index in [4.69, 9.17) is 5.84 Å². The Balaban J connectivity index is 0.00000288. The van der Waals surface area contributed by atoms with Gasteiger partial charge in [-0.1, -0.05) is 0 Å². The third kappa shape index (κ3) is 5.87. The fourth-order valence-corrected chi connectivity index (χ4v) is 4.29. The number of benzene rings is 2. The zero-order valence-corrected chi connectivity index (χ0v) is 16.8. The van der Waals surface area contributed by atoms with Crippen molar-refractivity contribution in [2.24, 2.45) is 5.84 Å². The third-order valence-corrected chi connectivity index (χ3v) is 5.86. The van der Waals surface area contributed by atoms with Gasteiger partial charge in [-0.3, -0.25) is 0 Å². The quantitative estimate of drug-likeness (QED) is 0.109. The summed E-state index contributed by atoms with van der Waals surface area (Å²) in [5.74, 6) is 5.76. The number of ketones is 1. The van der Waals surface area contributed by atoms with Crippen LogP contribution in [0.2, 0.25) is 0 Å². The molecule has 0 bridgehead atoms. The molecule has 1 atom stereocenters. The number of carbonyl (C=O) groups is 1. The summed E-state index contributed by atoms with van der Waals surface area (Å²) < 4.78 is 0.845. The van der Waals surface area contributed by atoms with Crippen molar-refractivity contribution < 1.29 is 26.8 Å². The predicted octanol–water partition coefficient (Wildman–Crippen LogP) is -2.37. The maximum absolute atomic E-state index is 13.0. The summed E-state index contributed by atoms with van der Waals surface area (Å²) in [6.07, 6.45) is 1.00. The molecule has 4 N–H and O–H groups in total. The van der Waals surface area contributed by atoms with Crippen molar-refractivity contribution in [2.75, 3.05) is 6.54 Å². The van der Waals surface area contributed by atoms with Gasteiger partial charge < -0.3 is 17.0 Å². The van der Waals surface area contributed by atoms with E-state index in [9.17, 15) is 4.79 Å². The van der Waals surface area contributed by atoms with E-state index in [0.29, 0.717) is 0 Å². The van der Waals surface area contributed by atoms with Crippen molar-refractivity contribution in [3.8, 4) is 0 Å². The number of nitrogens with two attached hydrogens (primary N) is 1. The first-order chi connectivity index (χ1) is 11.3. The van der Waals surface area contributed by atoms with Gasteiger partial charge in [0.05, 0.1) is 0 Å². The SMILES string of the molecule is CCC[NH+]=C(NN)[Se]C(C(=O)c1ccccc1)c1ccccc1.[Br-]. The summed E-state index contributed by atoms with van der Waals surface area (Å²) in [7, 11) is 0. The maximum Gasteiger partial charge on any atom is -1.00 e. The zero-order chi connectivity index (χ0) is 16.5. The molecule has 2 aromatic carbocycles. The molecule has 0 aliphatic heterocycles. The summed E-state index contributed by atoms with van der Waals surface area (Å²) in [5.41, 5.74) is 4.48. The summed E-state index contributed by atoms with van der Waals surface area (Å²) in [4.78, 5) is 16.1. The van der Waals surface area contributed by atoms with Crippen molar-refractivity contribution in [1.82, 2.24) is 5.43 Å². The minimum absolute atomic E-state index is 0. The predicted molar refractivity (Wildman–Crippen MR) is 94.2 cm³/mol. The second-order valence-electron chi connectivity index (χ2n) is 5.04. The van der Waals surface area contributed by atoms with Gasteiger partial charge in [0.25, 0.3) is 0 Å². The number of amidine groups is 1. The van der Waals surface area contributed by atoms with Crippen LogP contribution in [0.3, 0.4) is 0 Å². The minimum Gasteiger partial charge on any atom is -1.00 e. The zero-order valence-electron chi connectivity index (χ0n) is 13.5. The molecule has 2 rings (SSSR count). The first-order valence-electron chi connectivity index (χ1n) is 7.64. The minimum atomic E-state index is -0.207. The number of hydrogen-bond acceptors (Lipinski definition) is 2. The van der Waals surface area contributed by atoms with Crippen molar-refractivity contribution in [1.29, 1.82) is 0 Å². The van der Waals surface area contributed by atoms with Gasteiger partial charge >= 0.3 is 143 Å². The molecule has 0 saturated carbocycles. The Morgan fingerprint density at radius 1 is 1.12 bits per heavy atom. The molecular formula is C18H22BrN3OSe. The van der Waals surface area contributed by atoms with Crippen LogP contribution in [0.25, 0.3) is 0 Å². The number of halogens is 1. The van der Waals surface area contributed by atoms with Gasteiger partial charge in [0.15, 0.2) is 0 Å². The molecule has 24 heavy (non-hydrogen) atoms. The Labute approximate surface area is 159 Å². The van der Waals surface area contributed by atoms with Crippen molar-refractivity contribution in [2.45, 2.75) is 18.2 Å². The van der Waals surface area contributed by atoms with Gasteiger partial charge in [0.2, 0.25) is 0 Å². The van der Waals surface area contributed by atoms with Crippen LogP contribution in [0.15, 0.2) is 60.7 Å². The van der Waals surface area contributed by atoms with E-state index >= 15 is 0 Å². The maximum atomic E-state index is 13.0. The Bertz CT molecular complexity index is 650. The topological polar surface area (TPSA) is 69.1 Å². The van der Waals surface area contributed by atoms with E-state index < -0.39 is 0 Å². The fraction of sp³-hybridized carbons (Fsp3) is 0.222. The summed E-state index contributed by atoms with van der Waals surface area (Å²) in [6.45, 7) is 2.93. The largest absolute Gasteiger partial charge is 1.00 e. The third-order valence-electron chi connectivity index (χ3n) is 3.30. The normalized spacial score (nSPS) is 12.2. The second kappa shape index (κ2) is 11.2. The molecule has 0 aliphatic rings. The number of rotatable bonds is 7. The summed E-state index contributed by atoms with van der Waals surface area (Å²) >= 11 is -0.141. The first kappa shape index (κ1) is 20.6. The van der Waals surface area contributed by atoms with Crippen molar-refractivity contribution >= 4 is 25.5 Å². The van der Waals surface area contributed by atoms with E-state index in [0.717, 1.165) is 28.8 Å². The molecule has 0 fully saturated rings. The van der Waals surface area contributed by atoms with Crippen LogP contribution in [0.4, 0.5) is 0 Å². The molecule has 128 valence electrons. The van der Waals surface area contributed by atoms with Gasteiger partial charge in [-0.2, -0.15) is 0 Å². The molecular weight excluding hydrogens is 433 g/mol. The number of hydrogen-bond donors (Lipinski definition) is 3. The molecule has 0 heterocycles. The average molecular weight is 455 g/mol. The van der Waals surface area contributed by atoms with Crippen LogP contribution in [-0.4, -0.2) is 32.0 Å². The van der Waals surface area contributed by atoms with E-state index in [1.807, 2.05) is 60.7 Å². The molecule has 6 heteroatoms. The molecule has 2 aromatic rings. The van der Waals surface area contributed by atoms with Crippen molar-refractivity contribution in [3.63, 3.8) is 0 Å².